The summed E-state index contributed by atoms with van der Waals surface area (Å²) in [7, 11) is 0. The summed E-state index contributed by atoms with van der Waals surface area (Å²) in [5, 5.41) is 8.97. The van der Waals surface area contributed by atoms with Crippen molar-refractivity contribution in [3.63, 3.8) is 0 Å². The third-order valence-electron chi connectivity index (χ3n) is 5.54. The molecule has 9 heteroatoms. The van der Waals surface area contributed by atoms with Gasteiger partial charge in [-0.1, -0.05) is 0 Å². The lowest BCUT2D eigenvalue weighted by molar-refractivity contribution is -0.140. The molecule has 0 radical (unpaired) electrons. The minimum atomic E-state index is -4.50. The first-order chi connectivity index (χ1) is 13.9. The highest BCUT2D eigenvalue weighted by molar-refractivity contribution is 5.80. The van der Waals surface area contributed by atoms with Crippen LogP contribution in [0.2, 0.25) is 0 Å². The molecule has 2 fully saturated rings. The van der Waals surface area contributed by atoms with Gasteiger partial charge >= 0.3 is 6.18 Å². The maximum absolute atomic E-state index is 13.4. The van der Waals surface area contributed by atoms with Crippen molar-refractivity contribution in [1.82, 2.24) is 9.88 Å². The van der Waals surface area contributed by atoms with Crippen LogP contribution < -0.4 is 4.90 Å². The number of nitriles is 1. The number of halogens is 3. The average Bonchev–Trinajstić information content (AvgIpc) is 2.74. The van der Waals surface area contributed by atoms with Gasteiger partial charge in [-0.2, -0.15) is 18.4 Å². The predicted molar refractivity (Wildman–Crippen MR) is 100.0 cm³/mol. The Morgan fingerprint density at radius 3 is 2.79 bits per heavy atom. The van der Waals surface area contributed by atoms with Crippen molar-refractivity contribution in [2.75, 3.05) is 37.7 Å². The summed E-state index contributed by atoms with van der Waals surface area (Å²) in [6.07, 6.45) is -0.255. The molecule has 2 saturated heterocycles. The SMILES string of the molecule is N#CCCN(C(=O)C1CCCN(c2ncccc2C(F)(F)F)C1)C1CCOCC1. The van der Waals surface area contributed by atoms with Gasteiger partial charge in [-0.15, -0.1) is 0 Å². The molecule has 0 saturated carbocycles. The predicted octanol–water partition coefficient (Wildman–Crippen LogP) is 3.24. The molecule has 0 aromatic carbocycles. The molecule has 0 bridgehead atoms. The van der Waals surface area contributed by atoms with Crippen molar-refractivity contribution in [1.29, 1.82) is 5.26 Å². The summed E-state index contributed by atoms with van der Waals surface area (Å²) < 4.78 is 45.5. The van der Waals surface area contributed by atoms with E-state index in [1.807, 2.05) is 0 Å². The third kappa shape index (κ3) is 5.18. The number of alkyl halides is 3. The van der Waals surface area contributed by atoms with E-state index in [4.69, 9.17) is 10.00 Å². The van der Waals surface area contributed by atoms with E-state index in [2.05, 4.69) is 11.1 Å². The molecule has 29 heavy (non-hydrogen) atoms. The molecule has 2 aliphatic rings. The molecule has 0 aliphatic carbocycles. The summed E-state index contributed by atoms with van der Waals surface area (Å²) in [6, 6.07) is 4.39. The Balaban J connectivity index is 1.77. The highest BCUT2D eigenvalue weighted by Gasteiger charge is 2.38. The van der Waals surface area contributed by atoms with Crippen LogP contribution in [0.3, 0.4) is 0 Å². The zero-order valence-corrected chi connectivity index (χ0v) is 16.2. The standard InChI is InChI=1S/C20H25F3N4O2/c21-20(22,23)17-5-1-9-25-18(17)26-10-2-4-15(14-26)19(28)27(11-3-8-24)16-6-12-29-13-7-16/h1,5,9,15-16H,2-4,6-7,10-14H2. The first-order valence-corrected chi connectivity index (χ1v) is 9.94. The normalized spacial score (nSPS) is 20.9. The Hall–Kier alpha value is -2.34. The number of anilines is 1. The van der Waals surface area contributed by atoms with E-state index in [0.717, 1.165) is 6.07 Å². The number of aromatic nitrogens is 1. The molecule has 3 heterocycles. The largest absolute Gasteiger partial charge is 0.419 e. The summed E-state index contributed by atoms with van der Waals surface area (Å²) in [4.78, 5) is 20.6. The number of pyridine rings is 1. The minimum Gasteiger partial charge on any atom is -0.381 e. The Labute approximate surface area is 168 Å². The maximum Gasteiger partial charge on any atom is 0.419 e. The molecule has 1 aromatic rings. The summed E-state index contributed by atoms with van der Waals surface area (Å²) >= 11 is 0. The van der Waals surface area contributed by atoms with Gasteiger partial charge in [0.25, 0.3) is 0 Å². The number of ether oxygens (including phenoxy) is 1. The second-order valence-corrected chi connectivity index (χ2v) is 7.44. The van der Waals surface area contributed by atoms with Gasteiger partial charge in [-0.3, -0.25) is 4.79 Å². The molecule has 2 aliphatic heterocycles. The lowest BCUT2D eigenvalue weighted by atomic mass is 9.94. The van der Waals surface area contributed by atoms with Gasteiger partial charge in [-0.25, -0.2) is 4.98 Å². The van der Waals surface area contributed by atoms with Gasteiger partial charge in [0.1, 0.15) is 5.82 Å². The highest BCUT2D eigenvalue weighted by atomic mass is 19.4. The second-order valence-electron chi connectivity index (χ2n) is 7.44. The van der Waals surface area contributed by atoms with Crippen LogP contribution in [-0.4, -0.2) is 54.7 Å². The number of piperidine rings is 1. The van der Waals surface area contributed by atoms with Crippen molar-refractivity contribution in [3.05, 3.63) is 23.9 Å². The Bertz CT molecular complexity index is 744. The lowest BCUT2D eigenvalue weighted by Crippen LogP contribution is -2.50. The van der Waals surface area contributed by atoms with Crippen molar-refractivity contribution in [2.24, 2.45) is 5.92 Å². The number of carbonyl (C=O) groups is 1. The fourth-order valence-corrected chi connectivity index (χ4v) is 4.12. The van der Waals surface area contributed by atoms with Gasteiger partial charge < -0.3 is 14.5 Å². The second kappa shape index (κ2) is 9.44. The molecule has 3 rings (SSSR count). The van der Waals surface area contributed by atoms with E-state index in [1.165, 1.54) is 12.3 Å². The summed E-state index contributed by atoms with van der Waals surface area (Å²) in [6.45, 7) is 2.11. The number of carbonyl (C=O) groups excluding carboxylic acids is 1. The first-order valence-electron chi connectivity index (χ1n) is 9.94. The monoisotopic (exact) mass is 410 g/mol. The van der Waals surface area contributed by atoms with E-state index in [0.29, 0.717) is 52.0 Å². The molecule has 1 atom stereocenters. The van der Waals surface area contributed by atoms with Crippen LogP contribution in [0.15, 0.2) is 18.3 Å². The smallest absolute Gasteiger partial charge is 0.381 e. The van der Waals surface area contributed by atoms with Gasteiger partial charge in [0, 0.05) is 45.1 Å². The quantitative estimate of drug-likeness (QED) is 0.746. The van der Waals surface area contributed by atoms with Gasteiger partial charge in [0.05, 0.1) is 24.0 Å². The van der Waals surface area contributed by atoms with E-state index in [-0.39, 0.29) is 30.7 Å². The first kappa shape index (κ1) is 21.4. The Morgan fingerprint density at radius 2 is 2.10 bits per heavy atom. The molecule has 6 nitrogen and oxygen atoms in total. The van der Waals surface area contributed by atoms with Crippen LogP contribution in [0.4, 0.5) is 19.0 Å². The molecule has 158 valence electrons. The van der Waals surface area contributed by atoms with E-state index in [9.17, 15) is 18.0 Å². The van der Waals surface area contributed by atoms with Crippen LogP contribution >= 0.6 is 0 Å². The molecule has 0 N–H and O–H groups in total. The van der Waals surface area contributed by atoms with Crippen LogP contribution in [-0.2, 0) is 15.7 Å². The Kier molecular flexibility index (Phi) is 6.96. The number of hydrogen-bond donors (Lipinski definition) is 0. The molecular weight excluding hydrogens is 385 g/mol. The van der Waals surface area contributed by atoms with Crippen molar-refractivity contribution < 1.29 is 22.7 Å². The number of rotatable bonds is 5. The van der Waals surface area contributed by atoms with Crippen LogP contribution in [0.25, 0.3) is 0 Å². The zero-order valence-electron chi connectivity index (χ0n) is 16.2. The summed E-state index contributed by atoms with van der Waals surface area (Å²) in [5.41, 5.74) is -0.779. The highest BCUT2D eigenvalue weighted by Crippen LogP contribution is 2.36. The number of hydrogen-bond acceptors (Lipinski definition) is 5. The van der Waals surface area contributed by atoms with Gasteiger partial charge in [0.15, 0.2) is 0 Å². The molecule has 1 amide bonds. The molecule has 1 aromatic heterocycles. The van der Waals surface area contributed by atoms with Gasteiger partial charge in [-0.05, 0) is 37.8 Å². The maximum atomic E-state index is 13.4. The van der Waals surface area contributed by atoms with Crippen molar-refractivity contribution >= 4 is 11.7 Å². The topological polar surface area (TPSA) is 69.5 Å². The number of amides is 1. The lowest BCUT2D eigenvalue weighted by Gasteiger charge is -2.39. The minimum absolute atomic E-state index is 0.0144. The average molecular weight is 410 g/mol. The number of nitrogens with zero attached hydrogens (tertiary/aromatic N) is 4. The molecule has 0 spiro atoms. The fourth-order valence-electron chi connectivity index (χ4n) is 4.12. The zero-order chi connectivity index (χ0) is 20.9. The molecule has 1 unspecified atom stereocenters. The fraction of sp³-hybridized carbons (Fsp3) is 0.650. The van der Waals surface area contributed by atoms with Gasteiger partial charge in [0.2, 0.25) is 5.91 Å². The van der Waals surface area contributed by atoms with Crippen LogP contribution in [0.5, 0.6) is 0 Å². The van der Waals surface area contributed by atoms with Crippen LogP contribution in [0, 0.1) is 17.2 Å². The van der Waals surface area contributed by atoms with Crippen molar-refractivity contribution in [2.45, 2.75) is 44.3 Å². The van der Waals surface area contributed by atoms with E-state index < -0.39 is 17.7 Å². The van der Waals surface area contributed by atoms with E-state index in [1.54, 1.807) is 9.80 Å². The summed E-state index contributed by atoms with van der Waals surface area (Å²) in [5.74, 6) is -0.609. The van der Waals surface area contributed by atoms with Crippen LogP contribution in [0.1, 0.15) is 37.7 Å². The molecular formula is C20H25F3N4O2. The van der Waals surface area contributed by atoms with Crippen molar-refractivity contribution in [3.8, 4) is 6.07 Å². The van der Waals surface area contributed by atoms with E-state index >= 15 is 0 Å². The third-order valence-corrected chi connectivity index (χ3v) is 5.54. The Morgan fingerprint density at radius 1 is 1.34 bits per heavy atom.